The van der Waals surface area contributed by atoms with Crippen LogP contribution in [0.3, 0.4) is 0 Å². The predicted molar refractivity (Wildman–Crippen MR) is 403 cm³/mol. The highest BCUT2D eigenvalue weighted by Gasteiger charge is 2.62. The number of fused-ring (bicyclic) bond motifs is 1. The summed E-state index contributed by atoms with van der Waals surface area (Å²) in [6.45, 7) is -0.505. The Hall–Kier alpha value is -12.7. The van der Waals surface area contributed by atoms with Crippen LogP contribution in [0, 0.1) is 11.3 Å². The van der Waals surface area contributed by atoms with Crippen LogP contribution in [0.1, 0.15) is 101 Å². The number of para-hydroxylation sites is 1. The molecule has 2 aromatic carbocycles. The SMILES string of the molecule is CC(C)CC(NC(=O)C(CCCCNC(=O)/C=N/OCC(=O)OC1C(CO)OC(n2ccc(N)nc2=O)C1(F)F)NC(=O)C(Cc1ccc(O)cc1)NC(=O)C(CO)NC(=O)C(Cc1cc2ccccc2[nH]1)NC(=O)C(Cc1c[nH]cn1)NC(=O)C1CCC(=O)N1)C(=O)NC(CCCNC(=N)N)C(=O)N1CCCC1C(=O)NCC(N)=O. The summed E-state index contributed by atoms with van der Waals surface area (Å²) in [5.41, 5.74) is 16.7. The quantitative estimate of drug-likeness (QED) is 0.00570. The van der Waals surface area contributed by atoms with Gasteiger partial charge in [-0.3, -0.25) is 67.5 Å². The van der Waals surface area contributed by atoms with Crippen LogP contribution in [0.15, 0.2) is 89.3 Å². The largest absolute Gasteiger partial charge is 0.508 e. The van der Waals surface area contributed by atoms with Crippen molar-refractivity contribution < 1.29 is 101 Å². The zero-order valence-corrected chi connectivity index (χ0v) is 63.2. The second kappa shape index (κ2) is 42.4. The number of guanidine groups is 1. The van der Waals surface area contributed by atoms with E-state index in [1.165, 1.54) is 41.7 Å². The van der Waals surface area contributed by atoms with E-state index in [0.29, 0.717) is 39.7 Å². The highest BCUT2D eigenvalue weighted by Crippen LogP contribution is 2.44. The van der Waals surface area contributed by atoms with Gasteiger partial charge in [-0.05, 0) is 105 Å². The van der Waals surface area contributed by atoms with Crippen LogP contribution in [0.5, 0.6) is 5.75 Å². The van der Waals surface area contributed by atoms with Gasteiger partial charge in [-0.15, -0.1) is 0 Å². The lowest BCUT2D eigenvalue weighted by Crippen LogP contribution is -2.61. The highest BCUT2D eigenvalue weighted by molar-refractivity contribution is 6.26. The number of alkyl halides is 2. The van der Waals surface area contributed by atoms with E-state index in [9.17, 15) is 72.9 Å². The molecular weight excluding hydrogens is 1530 g/mol. The van der Waals surface area contributed by atoms with Crippen LogP contribution >= 0.6 is 0 Å². The molecular formula is C72H96F2N22O20. The number of nitrogens with two attached hydrogens (primary N) is 3. The molecule has 5 aromatic rings. The summed E-state index contributed by atoms with van der Waals surface area (Å²) in [6, 6.07) is 2.00. The number of amides is 12. The molecule has 628 valence electrons. The number of unbranched alkanes of at least 4 members (excludes halogenated alkanes) is 1. The maximum Gasteiger partial charge on any atom is 0.351 e. The molecule has 0 aliphatic carbocycles. The number of phenolic OH excluding ortho intramolecular Hbond substituents is 1. The lowest BCUT2D eigenvalue weighted by Gasteiger charge is -2.30. The molecule has 6 heterocycles. The van der Waals surface area contributed by atoms with Crippen LogP contribution in [0.2, 0.25) is 0 Å². The molecule has 44 heteroatoms. The zero-order chi connectivity index (χ0) is 84.3. The number of halogens is 2. The number of aliphatic hydroxyl groups excluding tert-OH is 2. The number of ether oxygens (including phenoxy) is 2. The third-order valence-electron chi connectivity index (χ3n) is 18.8. The van der Waals surface area contributed by atoms with Crippen LogP contribution in [-0.2, 0) is 95.9 Å². The molecule has 12 unspecified atom stereocenters. The molecule has 42 nitrogen and oxygen atoms in total. The summed E-state index contributed by atoms with van der Waals surface area (Å²) in [5, 5.41) is 71.1. The number of H-pyrrole nitrogens is 2. The number of hydrogen-bond donors (Lipinski definition) is 20. The van der Waals surface area contributed by atoms with Gasteiger partial charge in [0, 0.05) is 68.9 Å². The maximum absolute atomic E-state index is 15.6. The van der Waals surface area contributed by atoms with Crippen LogP contribution in [0.25, 0.3) is 10.9 Å². The molecule has 0 saturated carbocycles. The third kappa shape index (κ3) is 25.9. The molecule has 23 N–H and O–H groups in total. The normalized spacial score (nSPS) is 18.7. The number of likely N-dealkylation sites (tertiary alicyclic amines) is 1. The number of imidazole rings is 1. The first kappa shape index (κ1) is 88.8. The lowest BCUT2D eigenvalue weighted by molar-refractivity contribution is -0.180. The van der Waals surface area contributed by atoms with E-state index in [2.05, 4.69) is 83.6 Å². The molecule has 3 aromatic heterocycles. The van der Waals surface area contributed by atoms with Gasteiger partial charge in [-0.2, -0.15) is 13.8 Å². The number of nitrogen functional groups attached to an aromatic ring is 1. The number of anilines is 1. The number of primary amides is 1. The summed E-state index contributed by atoms with van der Waals surface area (Å²) in [7, 11) is 0. The van der Waals surface area contributed by atoms with Gasteiger partial charge >= 0.3 is 17.6 Å². The standard InChI is InChI=1S/C72H96F2N22O20/c1-37(2)25-47(62(106)88-46(12-7-22-81-70(77)78)68(112)95-23-8-13-52(95)67(111)82-31-55(76)100)89-60(104)44(11-5-6-21-80-57(102)32-84-114-35-58(103)116-59-53(34-98)115-69(72(59,73)74)96-24-20-54(75)94-71(96)113)87-63(107)48(26-38-14-16-42(99)17-15-38)90-66(110)51(33-97)93-65(109)49(28-40-27-39-9-3-4-10-43(39)85-40)92-64(108)50(29-41-30-79-36-83-41)91-61(105)45-18-19-56(101)86-45/h3-4,9-10,14-17,20,24,27,30,32,36-37,44-53,59,69,85,97-99H,5-8,11-13,18-19,21-23,25-26,28-29,31,33-35H2,1-2H3,(H2,76,100)(H,79,83)(H,80,102)(H,82,111)(H,86,101)(H,87,107)(H,88,106)(H,89,104)(H,90,110)(H,91,105)(H,92,108)(H,93,109)(H2,75,94,113)(H4,77,78,81)/b84-32+. The van der Waals surface area contributed by atoms with E-state index >= 15 is 18.4 Å². The molecule has 3 aliphatic heterocycles. The van der Waals surface area contributed by atoms with E-state index in [1.807, 2.05) is 0 Å². The Balaban J connectivity index is 1.01. The van der Waals surface area contributed by atoms with Crippen molar-refractivity contribution in [1.29, 1.82) is 5.41 Å². The summed E-state index contributed by atoms with van der Waals surface area (Å²) in [6.07, 6.45) is -2.94. The minimum Gasteiger partial charge on any atom is -0.508 e. The molecule has 3 fully saturated rings. The smallest absolute Gasteiger partial charge is 0.351 e. The fraction of sp³-hybridized carbons (Fsp3) is 0.500. The fourth-order valence-electron chi connectivity index (χ4n) is 13.0. The number of aliphatic hydroxyl groups is 2. The Morgan fingerprint density at radius 3 is 2.04 bits per heavy atom. The number of aromatic nitrogens is 5. The van der Waals surface area contributed by atoms with Crippen molar-refractivity contribution in [2.75, 3.05) is 51.7 Å². The predicted octanol–water partition coefficient (Wildman–Crippen LogP) is -5.24. The van der Waals surface area contributed by atoms with Gasteiger partial charge in [-0.1, -0.05) is 49.3 Å². The molecule has 0 spiro atoms. The number of hydrogen-bond acceptors (Lipinski definition) is 25. The number of carbonyl (C=O) groups excluding carboxylic acids is 13. The molecule has 3 saturated heterocycles. The van der Waals surface area contributed by atoms with Crippen LogP contribution in [-0.4, -0.2) is 252 Å². The van der Waals surface area contributed by atoms with E-state index in [0.717, 1.165) is 17.6 Å². The number of carbonyl (C=O) groups is 13. The molecule has 116 heavy (non-hydrogen) atoms. The van der Waals surface area contributed by atoms with E-state index in [4.69, 9.17) is 36.9 Å². The Morgan fingerprint density at radius 2 is 1.40 bits per heavy atom. The number of benzene rings is 2. The third-order valence-corrected chi connectivity index (χ3v) is 18.8. The Morgan fingerprint density at radius 1 is 0.759 bits per heavy atom. The van der Waals surface area contributed by atoms with E-state index in [-0.39, 0.29) is 120 Å². The monoisotopic (exact) mass is 1630 g/mol. The van der Waals surface area contributed by atoms with Gasteiger partial charge in [0.2, 0.25) is 77.8 Å². The minimum absolute atomic E-state index is 0.0126. The van der Waals surface area contributed by atoms with Crippen molar-refractivity contribution in [2.45, 2.75) is 176 Å². The highest BCUT2D eigenvalue weighted by atomic mass is 19.3. The number of rotatable bonds is 43. The zero-order valence-electron chi connectivity index (χ0n) is 63.2. The van der Waals surface area contributed by atoms with Crippen molar-refractivity contribution in [3.63, 3.8) is 0 Å². The molecule has 0 bridgehead atoms. The molecule has 3 aliphatic rings. The molecule has 8 rings (SSSR count). The van der Waals surface area contributed by atoms with Crippen LogP contribution < -0.4 is 81.4 Å². The minimum atomic E-state index is -4.12. The van der Waals surface area contributed by atoms with Gasteiger partial charge in [0.15, 0.2) is 12.1 Å². The summed E-state index contributed by atoms with van der Waals surface area (Å²) >= 11 is 0. The van der Waals surface area contributed by atoms with Gasteiger partial charge < -0.3 is 120 Å². The lowest BCUT2D eigenvalue weighted by atomic mass is 10.00. The summed E-state index contributed by atoms with van der Waals surface area (Å²) < 4.78 is 41.6. The Labute approximate surface area is 660 Å². The van der Waals surface area contributed by atoms with Gasteiger partial charge in [0.25, 0.3) is 5.91 Å². The van der Waals surface area contributed by atoms with Gasteiger partial charge in [-0.25, -0.2) is 14.6 Å². The number of nitrogens with zero attached hydrogens (tertiary/aromatic N) is 5. The van der Waals surface area contributed by atoms with E-state index < -0.39 is 188 Å². The number of nitrogens with one attached hydrogen (secondary N) is 14. The van der Waals surface area contributed by atoms with Crippen molar-refractivity contribution in [3.05, 3.63) is 107 Å². The first-order chi connectivity index (χ1) is 55.3. The van der Waals surface area contributed by atoms with Crippen molar-refractivity contribution >= 4 is 106 Å². The number of aromatic amines is 2. The number of esters is 1. The topological polar surface area (TPSA) is 639 Å². The Kier molecular flexibility index (Phi) is 32.5. The maximum atomic E-state index is 15.6. The fourth-order valence-corrected chi connectivity index (χ4v) is 13.0. The summed E-state index contributed by atoms with van der Waals surface area (Å²) in [5.74, 6) is -17.2. The van der Waals surface area contributed by atoms with Gasteiger partial charge in [0.1, 0.15) is 78.3 Å². The van der Waals surface area contributed by atoms with Crippen LogP contribution in [0.4, 0.5) is 14.6 Å². The second-order valence-corrected chi connectivity index (χ2v) is 28.1. The number of oxime groups is 1. The summed E-state index contributed by atoms with van der Waals surface area (Å²) in [4.78, 5) is 211. The average molecular weight is 1630 g/mol. The van der Waals surface area contributed by atoms with Crippen molar-refractivity contribution in [1.82, 2.24) is 87.9 Å². The number of aromatic hydroxyl groups is 1. The Bertz CT molecular complexity index is 4380. The molecule has 12 amide bonds. The number of phenols is 1. The first-order valence-electron chi connectivity index (χ1n) is 37.2. The van der Waals surface area contributed by atoms with Gasteiger partial charge in [0.05, 0.1) is 31.8 Å². The van der Waals surface area contributed by atoms with Crippen molar-refractivity contribution in [2.24, 2.45) is 22.5 Å². The average Bonchev–Trinajstić information content (AvgIpc) is 1.60. The van der Waals surface area contributed by atoms with Crippen molar-refractivity contribution in [3.8, 4) is 5.75 Å². The van der Waals surface area contributed by atoms with E-state index in [1.54, 1.807) is 44.2 Å². The second-order valence-electron chi connectivity index (χ2n) is 28.1. The molecule has 0 radical (unpaired) electrons. The first-order valence-corrected chi connectivity index (χ1v) is 37.2. The molecule has 12 atom stereocenters.